The molecular formula is C13H26N2O2. The number of nitrogens with one attached hydrogen (secondary N) is 1. The molecule has 1 saturated heterocycles. The molecule has 0 aromatic carbocycles. The van der Waals surface area contributed by atoms with Crippen molar-refractivity contribution in [2.24, 2.45) is 11.8 Å². The molecule has 0 bridgehead atoms. The van der Waals surface area contributed by atoms with E-state index < -0.39 is 0 Å². The van der Waals surface area contributed by atoms with E-state index in [0.29, 0.717) is 11.8 Å². The Morgan fingerprint density at radius 3 is 2.94 bits per heavy atom. The molecule has 4 nitrogen and oxygen atoms in total. The van der Waals surface area contributed by atoms with E-state index in [2.05, 4.69) is 19.2 Å². The molecule has 1 rings (SSSR count). The van der Waals surface area contributed by atoms with Crippen molar-refractivity contribution in [3.8, 4) is 0 Å². The van der Waals surface area contributed by atoms with Gasteiger partial charge in [-0.25, -0.2) is 4.79 Å². The van der Waals surface area contributed by atoms with E-state index in [1.165, 1.54) is 6.42 Å². The summed E-state index contributed by atoms with van der Waals surface area (Å²) < 4.78 is 5.44. The van der Waals surface area contributed by atoms with Crippen molar-refractivity contribution < 1.29 is 9.53 Å². The van der Waals surface area contributed by atoms with Crippen molar-refractivity contribution in [1.29, 1.82) is 0 Å². The van der Waals surface area contributed by atoms with Gasteiger partial charge in [-0.2, -0.15) is 0 Å². The van der Waals surface area contributed by atoms with E-state index in [0.717, 1.165) is 39.3 Å². The first-order valence-electron chi connectivity index (χ1n) is 6.74. The van der Waals surface area contributed by atoms with Gasteiger partial charge < -0.3 is 15.0 Å². The average Bonchev–Trinajstić information content (AvgIpc) is 2.33. The Bertz CT molecular complexity index is 231. The van der Waals surface area contributed by atoms with Crippen LogP contribution < -0.4 is 5.32 Å². The summed E-state index contributed by atoms with van der Waals surface area (Å²) in [5, 5.41) is 2.97. The Balaban J connectivity index is 2.30. The summed E-state index contributed by atoms with van der Waals surface area (Å²) >= 11 is 0. The number of carbonyl (C=O) groups is 1. The van der Waals surface area contributed by atoms with Crippen LogP contribution >= 0.6 is 0 Å². The normalized spacial score (nSPS) is 20.7. The van der Waals surface area contributed by atoms with Crippen molar-refractivity contribution >= 4 is 6.03 Å². The van der Waals surface area contributed by atoms with Gasteiger partial charge >= 0.3 is 6.03 Å². The summed E-state index contributed by atoms with van der Waals surface area (Å²) in [5.74, 6) is 1.01. The zero-order chi connectivity index (χ0) is 12.7. The second kappa shape index (κ2) is 7.54. The second-order valence-electron chi connectivity index (χ2n) is 5.19. The Kier molecular flexibility index (Phi) is 6.34. The molecule has 0 aromatic rings. The summed E-state index contributed by atoms with van der Waals surface area (Å²) in [6, 6.07) is 0.0832. The van der Waals surface area contributed by atoms with Crippen LogP contribution in [-0.2, 0) is 4.74 Å². The van der Waals surface area contributed by atoms with Gasteiger partial charge in [0, 0.05) is 32.2 Å². The maximum atomic E-state index is 11.9. The number of hydrogen-bond donors (Lipinski definition) is 1. The van der Waals surface area contributed by atoms with E-state index in [1.807, 2.05) is 11.8 Å². The van der Waals surface area contributed by atoms with Gasteiger partial charge in [-0.1, -0.05) is 13.8 Å². The number of nitrogens with zero attached hydrogens (tertiary/aromatic N) is 1. The molecule has 4 heteroatoms. The van der Waals surface area contributed by atoms with Crippen molar-refractivity contribution in [3.05, 3.63) is 0 Å². The Hall–Kier alpha value is -0.770. The summed E-state index contributed by atoms with van der Waals surface area (Å²) in [6.07, 6.45) is 2.26. The number of hydrogen-bond acceptors (Lipinski definition) is 2. The van der Waals surface area contributed by atoms with Crippen molar-refractivity contribution in [2.45, 2.75) is 33.6 Å². The second-order valence-corrected chi connectivity index (χ2v) is 5.19. The minimum Gasteiger partial charge on any atom is -0.381 e. The third kappa shape index (κ3) is 5.39. The van der Waals surface area contributed by atoms with Crippen LogP contribution in [0.4, 0.5) is 4.79 Å². The first-order valence-corrected chi connectivity index (χ1v) is 6.74. The fraction of sp³-hybridized carbons (Fsp3) is 0.923. The monoisotopic (exact) mass is 242 g/mol. The van der Waals surface area contributed by atoms with Crippen LogP contribution in [0.25, 0.3) is 0 Å². The topological polar surface area (TPSA) is 41.6 Å². The molecule has 2 amide bonds. The quantitative estimate of drug-likeness (QED) is 0.802. The van der Waals surface area contributed by atoms with Crippen LogP contribution in [0.15, 0.2) is 0 Å². The van der Waals surface area contributed by atoms with Crippen LogP contribution in [-0.4, -0.2) is 43.8 Å². The first kappa shape index (κ1) is 14.3. The van der Waals surface area contributed by atoms with E-state index >= 15 is 0 Å². The third-order valence-electron chi connectivity index (χ3n) is 3.03. The highest BCUT2D eigenvalue weighted by Gasteiger charge is 2.23. The Labute approximate surface area is 105 Å². The summed E-state index contributed by atoms with van der Waals surface area (Å²) in [5.41, 5.74) is 0. The molecule has 1 heterocycles. The van der Waals surface area contributed by atoms with Gasteiger partial charge in [0.2, 0.25) is 0 Å². The first-order chi connectivity index (χ1) is 8.13. The largest absolute Gasteiger partial charge is 0.381 e. The van der Waals surface area contributed by atoms with Crippen LogP contribution in [0.3, 0.4) is 0 Å². The molecule has 0 aliphatic carbocycles. The standard InChI is InChI=1S/C13H26N2O2/c1-4-17-10-12-6-5-7-15(9-12)13(16)14-8-11(2)3/h11-12H,4-10H2,1-3H3,(H,14,16). The molecule has 1 aliphatic heterocycles. The van der Waals surface area contributed by atoms with E-state index in [1.54, 1.807) is 0 Å². The number of ether oxygens (including phenoxy) is 1. The molecule has 1 unspecified atom stereocenters. The number of likely N-dealkylation sites (tertiary alicyclic amines) is 1. The number of amides is 2. The smallest absolute Gasteiger partial charge is 0.317 e. The number of carbonyl (C=O) groups excluding carboxylic acids is 1. The van der Waals surface area contributed by atoms with Crippen molar-refractivity contribution in [2.75, 3.05) is 32.8 Å². The lowest BCUT2D eigenvalue weighted by Crippen LogP contribution is -2.47. The fourth-order valence-corrected chi connectivity index (χ4v) is 2.07. The molecule has 0 aromatic heterocycles. The van der Waals surface area contributed by atoms with Gasteiger partial charge in [0.1, 0.15) is 0 Å². The lowest BCUT2D eigenvalue weighted by Gasteiger charge is -2.32. The number of piperidine rings is 1. The zero-order valence-electron chi connectivity index (χ0n) is 11.4. The summed E-state index contributed by atoms with van der Waals surface area (Å²) in [6.45, 7) is 10.2. The van der Waals surface area contributed by atoms with Gasteiger partial charge in [0.15, 0.2) is 0 Å². The van der Waals surface area contributed by atoms with Crippen LogP contribution in [0.2, 0.25) is 0 Å². The molecule has 100 valence electrons. The molecule has 0 saturated carbocycles. The van der Waals surface area contributed by atoms with Crippen LogP contribution in [0, 0.1) is 11.8 Å². The molecule has 0 radical (unpaired) electrons. The minimum absolute atomic E-state index is 0.0832. The molecule has 17 heavy (non-hydrogen) atoms. The van der Waals surface area contributed by atoms with Gasteiger partial charge in [0.05, 0.1) is 6.61 Å². The van der Waals surface area contributed by atoms with Crippen LogP contribution in [0.5, 0.6) is 0 Å². The van der Waals surface area contributed by atoms with E-state index in [-0.39, 0.29) is 6.03 Å². The van der Waals surface area contributed by atoms with Gasteiger partial charge in [0.25, 0.3) is 0 Å². The highest BCUT2D eigenvalue weighted by Crippen LogP contribution is 2.16. The average molecular weight is 242 g/mol. The molecule has 1 N–H and O–H groups in total. The highest BCUT2D eigenvalue weighted by molar-refractivity contribution is 5.74. The minimum atomic E-state index is 0.0832. The van der Waals surface area contributed by atoms with Crippen LogP contribution in [0.1, 0.15) is 33.6 Å². The number of urea groups is 1. The number of rotatable bonds is 5. The Morgan fingerprint density at radius 1 is 1.53 bits per heavy atom. The Morgan fingerprint density at radius 2 is 2.29 bits per heavy atom. The molecule has 1 aliphatic rings. The summed E-state index contributed by atoms with van der Waals surface area (Å²) in [7, 11) is 0. The molecule has 1 fully saturated rings. The van der Waals surface area contributed by atoms with Crippen molar-refractivity contribution in [1.82, 2.24) is 10.2 Å². The predicted octanol–water partition coefficient (Wildman–Crippen LogP) is 2.10. The lowest BCUT2D eigenvalue weighted by atomic mass is 9.99. The molecule has 0 spiro atoms. The van der Waals surface area contributed by atoms with Crippen molar-refractivity contribution in [3.63, 3.8) is 0 Å². The molecular weight excluding hydrogens is 216 g/mol. The predicted molar refractivity (Wildman–Crippen MR) is 69.0 cm³/mol. The maximum Gasteiger partial charge on any atom is 0.317 e. The van der Waals surface area contributed by atoms with Gasteiger partial charge in [-0.15, -0.1) is 0 Å². The van der Waals surface area contributed by atoms with E-state index in [4.69, 9.17) is 4.74 Å². The van der Waals surface area contributed by atoms with Gasteiger partial charge in [-0.3, -0.25) is 0 Å². The van der Waals surface area contributed by atoms with Gasteiger partial charge in [-0.05, 0) is 25.7 Å². The molecule has 1 atom stereocenters. The summed E-state index contributed by atoms with van der Waals surface area (Å²) in [4.78, 5) is 13.8. The highest BCUT2D eigenvalue weighted by atomic mass is 16.5. The lowest BCUT2D eigenvalue weighted by molar-refractivity contribution is 0.0755. The van der Waals surface area contributed by atoms with E-state index in [9.17, 15) is 4.79 Å². The third-order valence-corrected chi connectivity index (χ3v) is 3.03. The SMILES string of the molecule is CCOCC1CCCN(C(=O)NCC(C)C)C1. The fourth-order valence-electron chi connectivity index (χ4n) is 2.07. The maximum absolute atomic E-state index is 11.9. The zero-order valence-corrected chi connectivity index (χ0v) is 11.4.